The molecule has 0 spiro atoms. The van der Waals surface area contributed by atoms with Crippen LogP contribution in [0.3, 0.4) is 0 Å². The van der Waals surface area contributed by atoms with Gasteiger partial charge in [0.15, 0.2) is 0 Å². The molecule has 198 valence electrons. The van der Waals surface area contributed by atoms with Crippen molar-refractivity contribution >= 4 is 44.5 Å². The summed E-state index contributed by atoms with van der Waals surface area (Å²) in [6.45, 7) is 5.04. The number of carbonyl (C=O) groups excluding carboxylic acids is 2. The standard InChI is InChI=1S/C29H28BrN7O2/c1-2-24(38)35-11-9-21-26-22(37(34-21)18-7-5-17(6-8-18)16-3-4-16)10-12-36(23(26)14-35)29(39)25-20(31)13-19(30)27-28(25)33-15-32-27/h2,5-8,13,15-16,23H,1,3-4,9-12,14,31H2,(H,32,33)/t23-/m0/s1. The number of nitrogen functional groups attached to an aromatic ring is 1. The van der Waals surface area contributed by atoms with Gasteiger partial charge in [0.25, 0.3) is 5.91 Å². The van der Waals surface area contributed by atoms with Crippen molar-refractivity contribution in [3.63, 3.8) is 0 Å². The number of anilines is 1. The minimum atomic E-state index is -0.358. The average Bonchev–Trinajstić information content (AvgIpc) is 3.61. The van der Waals surface area contributed by atoms with Crippen LogP contribution in [0, 0.1) is 0 Å². The Morgan fingerprint density at radius 3 is 2.69 bits per heavy atom. The zero-order valence-electron chi connectivity index (χ0n) is 21.4. The fraction of sp³-hybridized carbons (Fsp3) is 0.310. The predicted molar refractivity (Wildman–Crippen MR) is 152 cm³/mol. The number of nitrogens with one attached hydrogen (secondary N) is 1. The summed E-state index contributed by atoms with van der Waals surface area (Å²) < 4.78 is 2.77. The number of nitrogens with two attached hydrogens (primary N) is 1. The summed E-state index contributed by atoms with van der Waals surface area (Å²) in [5, 5.41) is 5.06. The van der Waals surface area contributed by atoms with Crippen molar-refractivity contribution in [1.29, 1.82) is 0 Å². The highest BCUT2D eigenvalue weighted by atomic mass is 79.9. The second kappa shape index (κ2) is 9.08. The van der Waals surface area contributed by atoms with Crippen LogP contribution in [0.25, 0.3) is 16.7 Å². The molecule has 2 aromatic heterocycles. The van der Waals surface area contributed by atoms with Gasteiger partial charge in [0.1, 0.15) is 5.52 Å². The maximum Gasteiger partial charge on any atom is 0.258 e. The number of nitrogens with zero attached hydrogens (tertiary/aromatic N) is 5. The first-order valence-corrected chi connectivity index (χ1v) is 14.1. The lowest BCUT2D eigenvalue weighted by molar-refractivity contribution is -0.126. The Morgan fingerprint density at radius 2 is 1.95 bits per heavy atom. The van der Waals surface area contributed by atoms with Crippen molar-refractivity contribution in [2.24, 2.45) is 0 Å². The monoisotopic (exact) mass is 585 g/mol. The molecule has 10 heteroatoms. The molecule has 1 saturated carbocycles. The van der Waals surface area contributed by atoms with Crippen molar-refractivity contribution in [1.82, 2.24) is 29.5 Å². The van der Waals surface area contributed by atoms with Crippen molar-refractivity contribution in [3.05, 3.63) is 81.9 Å². The molecule has 2 amide bonds. The van der Waals surface area contributed by atoms with Gasteiger partial charge < -0.3 is 20.5 Å². The average molecular weight is 586 g/mol. The highest BCUT2D eigenvalue weighted by Gasteiger charge is 2.41. The second-order valence-electron chi connectivity index (χ2n) is 10.5. The van der Waals surface area contributed by atoms with Crippen LogP contribution in [-0.4, -0.2) is 61.0 Å². The molecule has 3 N–H and O–H groups in total. The zero-order valence-corrected chi connectivity index (χ0v) is 22.9. The Kier molecular flexibility index (Phi) is 5.62. The van der Waals surface area contributed by atoms with E-state index in [1.54, 1.807) is 17.3 Å². The summed E-state index contributed by atoms with van der Waals surface area (Å²) in [4.78, 5) is 38.1. The molecule has 39 heavy (non-hydrogen) atoms. The Balaban J connectivity index is 1.33. The SMILES string of the molecule is C=CC(=O)N1CCc2nn(-c3ccc(C4CC4)cc3)c3c2[C@H](C1)N(C(=O)c1c(N)cc(Br)c2nc[nH]c12)CC3. The number of aromatic amines is 1. The number of H-pyrrole nitrogens is 1. The number of fused-ring (bicyclic) bond motifs is 1. The van der Waals surface area contributed by atoms with E-state index in [2.05, 4.69) is 56.7 Å². The number of rotatable bonds is 4. The van der Waals surface area contributed by atoms with Crippen LogP contribution in [0.4, 0.5) is 5.69 Å². The number of imidazole rings is 1. The smallest absolute Gasteiger partial charge is 0.258 e. The van der Waals surface area contributed by atoms with Gasteiger partial charge >= 0.3 is 0 Å². The first-order valence-electron chi connectivity index (χ1n) is 13.3. The van der Waals surface area contributed by atoms with Gasteiger partial charge in [-0.05, 0) is 64.5 Å². The molecule has 0 bridgehead atoms. The Morgan fingerprint density at radius 1 is 1.15 bits per heavy atom. The van der Waals surface area contributed by atoms with Gasteiger partial charge in [-0.1, -0.05) is 18.7 Å². The van der Waals surface area contributed by atoms with E-state index in [4.69, 9.17) is 10.8 Å². The number of hydrogen-bond donors (Lipinski definition) is 2. The highest BCUT2D eigenvalue weighted by molar-refractivity contribution is 9.10. The van der Waals surface area contributed by atoms with Gasteiger partial charge in [-0.15, -0.1) is 0 Å². The fourth-order valence-corrected chi connectivity index (χ4v) is 6.69. The van der Waals surface area contributed by atoms with Crippen LogP contribution in [0.5, 0.6) is 0 Å². The summed E-state index contributed by atoms with van der Waals surface area (Å²) in [5.74, 6) is 0.351. The van der Waals surface area contributed by atoms with E-state index in [1.165, 1.54) is 24.5 Å². The van der Waals surface area contributed by atoms with Crippen LogP contribution in [0.1, 0.15) is 57.7 Å². The van der Waals surface area contributed by atoms with Crippen LogP contribution < -0.4 is 5.73 Å². The zero-order chi connectivity index (χ0) is 26.8. The van der Waals surface area contributed by atoms with Crippen molar-refractivity contribution < 1.29 is 9.59 Å². The van der Waals surface area contributed by atoms with E-state index in [0.29, 0.717) is 60.7 Å². The summed E-state index contributed by atoms with van der Waals surface area (Å²) >= 11 is 3.50. The van der Waals surface area contributed by atoms with E-state index >= 15 is 0 Å². The minimum Gasteiger partial charge on any atom is -0.398 e. The van der Waals surface area contributed by atoms with E-state index in [1.807, 2.05) is 9.58 Å². The van der Waals surface area contributed by atoms with Crippen LogP contribution in [0.15, 0.2) is 53.8 Å². The van der Waals surface area contributed by atoms with Crippen molar-refractivity contribution in [3.8, 4) is 5.69 Å². The summed E-state index contributed by atoms with van der Waals surface area (Å²) in [7, 11) is 0. The van der Waals surface area contributed by atoms with Gasteiger partial charge in [0.05, 0.1) is 40.5 Å². The van der Waals surface area contributed by atoms with Crippen molar-refractivity contribution in [2.45, 2.75) is 37.6 Å². The first kappa shape index (κ1) is 24.1. The number of amides is 2. The number of halogens is 1. The Labute approximate surface area is 233 Å². The number of benzene rings is 2. The maximum atomic E-state index is 14.2. The molecule has 3 aliphatic rings. The first-order chi connectivity index (χ1) is 18.9. The molecule has 2 aliphatic heterocycles. The van der Waals surface area contributed by atoms with Gasteiger partial charge in [0.2, 0.25) is 5.91 Å². The molecule has 4 heterocycles. The third kappa shape index (κ3) is 3.88. The summed E-state index contributed by atoms with van der Waals surface area (Å²) in [6, 6.07) is 10.1. The van der Waals surface area contributed by atoms with E-state index in [-0.39, 0.29) is 17.9 Å². The van der Waals surface area contributed by atoms with Crippen molar-refractivity contribution in [2.75, 3.05) is 25.4 Å². The fourth-order valence-electron chi connectivity index (χ4n) is 6.15. The molecule has 1 aliphatic carbocycles. The molecule has 7 rings (SSSR count). The number of hydrogen-bond acceptors (Lipinski definition) is 5. The number of carbonyl (C=O) groups is 2. The molecular weight excluding hydrogens is 558 g/mol. The van der Waals surface area contributed by atoms with Crippen LogP contribution in [0.2, 0.25) is 0 Å². The summed E-state index contributed by atoms with van der Waals surface area (Å²) in [5.41, 5.74) is 13.9. The van der Waals surface area contributed by atoms with Gasteiger partial charge in [-0.3, -0.25) is 9.59 Å². The van der Waals surface area contributed by atoms with E-state index in [0.717, 1.165) is 27.1 Å². The minimum absolute atomic E-state index is 0.151. The van der Waals surface area contributed by atoms with Crippen LogP contribution >= 0.6 is 15.9 Å². The molecule has 1 atom stereocenters. The molecule has 0 unspecified atom stereocenters. The lowest BCUT2D eigenvalue weighted by Crippen LogP contribution is -2.46. The molecule has 2 aromatic carbocycles. The second-order valence-corrected chi connectivity index (χ2v) is 11.4. The molecule has 0 radical (unpaired) electrons. The summed E-state index contributed by atoms with van der Waals surface area (Å²) in [6.07, 6.45) is 6.68. The molecule has 9 nitrogen and oxygen atoms in total. The maximum absolute atomic E-state index is 14.2. The van der Waals surface area contributed by atoms with E-state index in [9.17, 15) is 9.59 Å². The third-order valence-corrected chi connectivity index (χ3v) is 8.85. The topological polar surface area (TPSA) is 113 Å². The molecule has 0 saturated heterocycles. The van der Waals surface area contributed by atoms with Gasteiger partial charge in [-0.2, -0.15) is 5.10 Å². The molecule has 1 fully saturated rings. The van der Waals surface area contributed by atoms with E-state index < -0.39 is 0 Å². The largest absolute Gasteiger partial charge is 0.398 e. The Hall–Kier alpha value is -3.92. The Bertz CT molecular complexity index is 1650. The lowest BCUT2D eigenvalue weighted by atomic mass is 9.94. The van der Waals surface area contributed by atoms with Crippen LogP contribution in [-0.2, 0) is 17.6 Å². The lowest BCUT2D eigenvalue weighted by Gasteiger charge is -2.38. The highest BCUT2D eigenvalue weighted by Crippen LogP contribution is 2.41. The molecule has 4 aromatic rings. The quantitative estimate of drug-likeness (QED) is 0.274. The van der Waals surface area contributed by atoms with Gasteiger partial charge in [-0.25, -0.2) is 9.67 Å². The van der Waals surface area contributed by atoms with Gasteiger partial charge in [0, 0.05) is 48.2 Å². The third-order valence-electron chi connectivity index (χ3n) is 8.24. The predicted octanol–water partition coefficient (Wildman–Crippen LogP) is 4.28. The number of aromatic nitrogens is 4. The molecular formula is C29H28BrN7O2. The normalized spacial score (nSPS) is 18.6.